The highest BCUT2D eigenvalue weighted by Crippen LogP contribution is 2.28. The molecular weight excluding hydrogens is 807 g/mol. The van der Waals surface area contributed by atoms with Gasteiger partial charge < -0.3 is 42.4 Å². The number of rotatable bonds is 13. The second kappa shape index (κ2) is 23.1. The predicted molar refractivity (Wildman–Crippen MR) is 239 cm³/mol. The van der Waals surface area contributed by atoms with Gasteiger partial charge in [-0.2, -0.15) is 0 Å². The summed E-state index contributed by atoms with van der Waals surface area (Å²) in [6.45, 7) is 0.966. The number of ether oxygens (including phenoxy) is 1. The van der Waals surface area contributed by atoms with Gasteiger partial charge in [0.2, 0.25) is 35.4 Å². The number of amides is 6. The zero-order valence-electron chi connectivity index (χ0n) is 34.3. The van der Waals surface area contributed by atoms with Gasteiger partial charge in [0.25, 0.3) is 0 Å². The number of carbonyl (C=O) groups excluding carboxylic acids is 6. The molecule has 0 radical (unpaired) electrons. The van der Waals surface area contributed by atoms with Gasteiger partial charge in [-0.1, -0.05) is 103 Å². The molecule has 4 aromatic carbocycles. The molecule has 3 heterocycles. The molecule has 2 bridgehead atoms. The molecule has 0 aliphatic carbocycles. The smallest absolute Gasteiger partial charge is 0.247 e. The van der Waals surface area contributed by atoms with Crippen LogP contribution in [0.2, 0.25) is 0 Å². The summed E-state index contributed by atoms with van der Waals surface area (Å²) in [5.41, 5.74) is 9.80. The van der Waals surface area contributed by atoms with Gasteiger partial charge in [0.1, 0.15) is 24.2 Å². The molecule has 7 rings (SSSR count). The third-order valence-electron chi connectivity index (χ3n) is 10.4. The Bertz CT molecular complexity index is 2160. The Morgan fingerprint density at radius 3 is 1.90 bits per heavy atom. The number of thioether (sulfide) groups is 1. The molecule has 4 aromatic rings. The Morgan fingerprint density at radius 1 is 0.661 bits per heavy atom. The largest absolute Gasteiger partial charge is 0.378 e. The molecule has 0 saturated heterocycles. The number of hydrogen-bond acceptors (Lipinski definition) is 9. The van der Waals surface area contributed by atoms with Crippen molar-refractivity contribution in [2.75, 3.05) is 31.6 Å². The third kappa shape index (κ3) is 13.6. The fourth-order valence-electron chi connectivity index (χ4n) is 7.14. The Hall–Kier alpha value is -6.29. The summed E-state index contributed by atoms with van der Waals surface area (Å²) in [4.78, 5) is 83.5. The van der Waals surface area contributed by atoms with Crippen LogP contribution >= 0.6 is 11.8 Å². The van der Waals surface area contributed by atoms with Crippen LogP contribution in [-0.4, -0.2) is 85.1 Å². The van der Waals surface area contributed by atoms with Crippen molar-refractivity contribution in [2.45, 2.75) is 67.9 Å². The molecule has 3 aliphatic rings. The fourth-order valence-corrected chi connectivity index (χ4v) is 8.11. The summed E-state index contributed by atoms with van der Waals surface area (Å²) < 4.78 is 5.42. The number of anilines is 1. The van der Waals surface area contributed by atoms with Crippen LogP contribution in [0.3, 0.4) is 0 Å². The first-order chi connectivity index (χ1) is 30.1. The highest BCUT2D eigenvalue weighted by atomic mass is 32.2. The summed E-state index contributed by atoms with van der Waals surface area (Å²) in [5.74, 6) is -3.34. The maximum atomic E-state index is 14.6. The molecule has 15 heteroatoms. The van der Waals surface area contributed by atoms with E-state index in [9.17, 15) is 28.8 Å². The summed E-state index contributed by atoms with van der Waals surface area (Å²) in [7, 11) is 0. The topological polar surface area (TPSA) is 210 Å². The summed E-state index contributed by atoms with van der Waals surface area (Å²) in [6, 6.07) is 28.4. The minimum absolute atomic E-state index is 0.00299. The van der Waals surface area contributed by atoms with Gasteiger partial charge in [-0.15, -0.1) is 11.8 Å². The van der Waals surface area contributed by atoms with E-state index in [-0.39, 0.29) is 50.5 Å². The van der Waals surface area contributed by atoms with E-state index in [4.69, 9.17) is 10.5 Å². The fraction of sp³-hybridized carbons (Fsp3) is 0.319. The number of carbonyl (C=O) groups is 6. The van der Waals surface area contributed by atoms with Crippen molar-refractivity contribution >= 4 is 52.9 Å². The number of benzene rings is 4. The normalized spacial score (nSPS) is 21.2. The lowest BCUT2D eigenvalue weighted by Crippen LogP contribution is -2.58. The standard InChI is InChI=1S/C47H53N7O7S/c48-23-25-61-26-24-49-47(60)43-35-17-19-36(20-18-35)50-41(55)21-22-42(56)51-40(30-37-12-7-27-62-37)45(58)52-38(29-32-13-15-34(16-14-32)33-10-5-2-6-11-33)44(57)53-39(46(59)54-43)28-31-8-3-1-4-9-31/h1-11,13-20,27,37-40,43H,12,21-26,28-30,48H2,(H,49,60)(H,50,55)(H,51,56)(H,52,58)(H,53,57)(H,54,59)/t37?,38-,39+,40+,43?/m0/s1. The lowest BCUT2D eigenvalue weighted by atomic mass is 9.98. The van der Waals surface area contributed by atoms with Gasteiger partial charge in [-0.25, -0.2) is 0 Å². The predicted octanol–water partition coefficient (Wildman–Crippen LogP) is 3.68. The summed E-state index contributed by atoms with van der Waals surface area (Å²) in [6.07, 6.45) is 2.72. The van der Waals surface area contributed by atoms with Gasteiger partial charge in [0, 0.05) is 49.7 Å². The average molecular weight is 860 g/mol. The second-order valence-electron chi connectivity index (χ2n) is 15.1. The molecule has 2 unspecified atom stereocenters. The van der Waals surface area contributed by atoms with Crippen molar-refractivity contribution < 1.29 is 33.5 Å². The maximum absolute atomic E-state index is 14.6. The molecule has 62 heavy (non-hydrogen) atoms. The van der Waals surface area contributed by atoms with E-state index in [0.29, 0.717) is 30.8 Å². The number of fused-ring (bicyclic) bond motifs is 17. The van der Waals surface area contributed by atoms with Crippen molar-refractivity contribution in [1.29, 1.82) is 0 Å². The number of nitrogens with one attached hydrogen (secondary N) is 6. The number of hydrogen-bond donors (Lipinski definition) is 7. The molecule has 3 aliphatic heterocycles. The summed E-state index contributed by atoms with van der Waals surface area (Å²) in [5, 5.41) is 19.0. The van der Waals surface area contributed by atoms with Crippen LogP contribution in [-0.2, 0) is 46.3 Å². The minimum atomic E-state index is -1.21. The van der Waals surface area contributed by atoms with Gasteiger partial charge in [0.05, 0.1) is 13.2 Å². The van der Waals surface area contributed by atoms with Crippen LogP contribution in [0.15, 0.2) is 121 Å². The van der Waals surface area contributed by atoms with Crippen LogP contribution < -0.4 is 37.6 Å². The van der Waals surface area contributed by atoms with E-state index < -0.39 is 59.6 Å². The number of nitrogens with two attached hydrogens (primary N) is 1. The first-order valence-corrected chi connectivity index (χ1v) is 21.7. The monoisotopic (exact) mass is 859 g/mol. The van der Waals surface area contributed by atoms with Crippen molar-refractivity contribution in [2.24, 2.45) is 5.73 Å². The maximum Gasteiger partial charge on any atom is 0.247 e. The quantitative estimate of drug-likeness (QED) is 0.0772. The number of allylic oxidation sites excluding steroid dienone is 1. The molecule has 0 spiro atoms. The van der Waals surface area contributed by atoms with Crippen molar-refractivity contribution in [1.82, 2.24) is 26.6 Å². The molecule has 0 aromatic heterocycles. The van der Waals surface area contributed by atoms with Gasteiger partial charge in [0.15, 0.2) is 0 Å². The SMILES string of the molecule is NCCOCCNC(=O)C1NC(=O)[C@@H](Cc2ccccc2)NC(=O)[C@H](Cc2ccc(-c3ccccc3)cc2)NC(=O)[C@@H](CC2CC=CS2)NC(=O)CCC(=O)Nc2ccc1cc2. The molecule has 8 N–H and O–H groups in total. The molecule has 324 valence electrons. The van der Waals surface area contributed by atoms with Crippen LogP contribution in [0.25, 0.3) is 11.1 Å². The first kappa shape index (κ1) is 45.2. The van der Waals surface area contributed by atoms with E-state index in [2.05, 4.69) is 31.9 Å². The van der Waals surface area contributed by atoms with Crippen molar-refractivity contribution in [3.8, 4) is 11.1 Å². The lowest BCUT2D eigenvalue weighted by Gasteiger charge is -2.27. The zero-order valence-corrected chi connectivity index (χ0v) is 35.2. The van der Waals surface area contributed by atoms with Crippen LogP contribution in [0.1, 0.15) is 48.4 Å². The van der Waals surface area contributed by atoms with Crippen LogP contribution in [0.4, 0.5) is 5.69 Å². The van der Waals surface area contributed by atoms with Gasteiger partial charge >= 0.3 is 0 Å². The van der Waals surface area contributed by atoms with E-state index in [1.807, 2.05) is 96.4 Å². The van der Waals surface area contributed by atoms with Gasteiger partial charge in [-0.05, 0) is 58.2 Å². The average Bonchev–Trinajstić information content (AvgIpc) is 3.81. The Labute approximate surface area is 365 Å². The Morgan fingerprint density at radius 2 is 1.26 bits per heavy atom. The second-order valence-corrected chi connectivity index (χ2v) is 16.3. The van der Waals surface area contributed by atoms with E-state index in [1.165, 1.54) is 0 Å². The van der Waals surface area contributed by atoms with E-state index in [1.54, 1.807) is 36.0 Å². The molecule has 14 nitrogen and oxygen atoms in total. The summed E-state index contributed by atoms with van der Waals surface area (Å²) >= 11 is 1.55. The first-order valence-electron chi connectivity index (χ1n) is 20.8. The minimum Gasteiger partial charge on any atom is -0.378 e. The molecule has 6 amide bonds. The molecule has 5 atom stereocenters. The lowest BCUT2D eigenvalue weighted by molar-refractivity contribution is -0.134. The van der Waals surface area contributed by atoms with Crippen LogP contribution in [0.5, 0.6) is 0 Å². The van der Waals surface area contributed by atoms with Gasteiger partial charge in [-0.3, -0.25) is 28.8 Å². The molecular formula is C47H53N7O7S. The Balaban J connectivity index is 1.34. The van der Waals surface area contributed by atoms with Crippen molar-refractivity contribution in [3.63, 3.8) is 0 Å². The highest BCUT2D eigenvalue weighted by molar-refractivity contribution is 8.03. The Kier molecular flexibility index (Phi) is 16.8. The van der Waals surface area contributed by atoms with E-state index in [0.717, 1.165) is 22.3 Å². The van der Waals surface area contributed by atoms with E-state index >= 15 is 0 Å². The van der Waals surface area contributed by atoms with Crippen LogP contribution in [0, 0.1) is 0 Å². The highest BCUT2D eigenvalue weighted by Gasteiger charge is 2.33. The van der Waals surface area contributed by atoms with Crippen molar-refractivity contribution in [3.05, 3.63) is 137 Å². The third-order valence-corrected chi connectivity index (χ3v) is 11.5. The molecule has 0 fully saturated rings. The zero-order chi connectivity index (χ0) is 43.7. The molecule has 0 saturated carbocycles.